The Balaban J connectivity index is 2.20. The van der Waals surface area contributed by atoms with Crippen LogP contribution in [0.1, 0.15) is 24.4 Å². The zero-order valence-corrected chi connectivity index (χ0v) is 12.9. The topological polar surface area (TPSA) is 38.9 Å². The van der Waals surface area contributed by atoms with Gasteiger partial charge in [0.2, 0.25) is 0 Å². The van der Waals surface area contributed by atoms with Crippen molar-refractivity contribution in [3.8, 4) is 0 Å². The van der Waals surface area contributed by atoms with Gasteiger partial charge in [-0.1, -0.05) is 0 Å². The van der Waals surface area contributed by atoms with E-state index in [0.717, 1.165) is 42.2 Å². The fourth-order valence-electron chi connectivity index (χ4n) is 2.41. The number of alkyl halides is 1. The van der Waals surface area contributed by atoms with E-state index >= 15 is 0 Å². The van der Waals surface area contributed by atoms with Crippen LogP contribution in [-0.2, 0) is 19.5 Å². The van der Waals surface area contributed by atoms with Crippen LogP contribution in [0.5, 0.6) is 0 Å². The molecule has 0 aromatic carbocycles. The monoisotopic (exact) mass is 283 g/mol. The number of rotatable bonds is 6. The standard InChI is InChI=1S/C13H22ClN5/c1-10-12-13(18(4)16-10)19(11(9-14)15-12)8-6-5-7-17(2)3/h5-9H2,1-4H3. The molecule has 5 nitrogen and oxygen atoms in total. The lowest BCUT2D eigenvalue weighted by Crippen LogP contribution is -2.14. The molecule has 0 aliphatic rings. The summed E-state index contributed by atoms with van der Waals surface area (Å²) in [7, 11) is 6.17. The second-order valence-corrected chi connectivity index (χ2v) is 5.47. The van der Waals surface area contributed by atoms with Crippen LogP contribution in [-0.4, -0.2) is 44.9 Å². The van der Waals surface area contributed by atoms with E-state index in [9.17, 15) is 0 Å². The van der Waals surface area contributed by atoms with Gasteiger partial charge in [0.15, 0.2) is 5.65 Å². The first-order valence-corrected chi connectivity index (χ1v) is 7.17. The normalized spacial score (nSPS) is 11.9. The third-order valence-electron chi connectivity index (χ3n) is 3.33. The molecule has 0 atom stereocenters. The minimum Gasteiger partial charge on any atom is -0.312 e. The van der Waals surface area contributed by atoms with E-state index < -0.39 is 0 Å². The van der Waals surface area contributed by atoms with Crippen LogP contribution in [0.15, 0.2) is 0 Å². The summed E-state index contributed by atoms with van der Waals surface area (Å²) in [4.78, 5) is 6.81. The fraction of sp³-hybridized carbons (Fsp3) is 0.692. The molecule has 0 aliphatic heterocycles. The molecule has 2 heterocycles. The van der Waals surface area contributed by atoms with E-state index in [0.29, 0.717) is 5.88 Å². The molecule has 0 N–H and O–H groups in total. The fourth-order valence-corrected chi connectivity index (χ4v) is 2.62. The SMILES string of the molecule is Cc1nn(C)c2c1nc(CCl)n2CCCCN(C)C. The highest BCUT2D eigenvalue weighted by Gasteiger charge is 2.16. The molecule has 0 radical (unpaired) electrons. The minimum absolute atomic E-state index is 0.446. The summed E-state index contributed by atoms with van der Waals surface area (Å²) in [5.74, 6) is 1.39. The van der Waals surface area contributed by atoms with Gasteiger partial charge in [-0.2, -0.15) is 5.10 Å². The van der Waals surface area contributed by atoms with Crippen LogP contribution >= 0.6 is 11.6 Å². The van der Waals surface area contributed by atoms with E-state index in [1.165, 1.54) is 6.42 Å². The number of unbranched alkanes of at least 4 members (excludes halogenated alkanes) is 1. The maximum atomic E-state index is 6.01. The number of aryl methyl sites for hydroxylation is 3. The average molecular weight is 284 g/mol. The second-order valence-electron chi connectivity index (χ2n) is 5.20. The Morgan fingerprint density at radius 3 is 2.63 bits per heavy atom. The molecule has 106 valence electrons. The zero-order chi connectivity index (χ0) is 14.0. The number of fused-ring (bicyclic) bond motifs is 1. The van der Waals surface area contributed by atoms with Crippen molar-refractivity contribution in [1.29, 1.82) is 0 Å². The van der Waals surface area contributed by atoms with Gasteiger partial charge in [0.05, 0.1) is 11.6 Å². The summed E-state index contributed by atoms with van der Waals surface area (Å²) in [5, 5.41) is 4.42. The minimum atomic E-state index is 0.446. The lowest BCUT2D eigenvalue weighted by molar-refractivity contribution is 0.387. The number of nitrogens with zero attached hydrogens (tertiary/aromatic N) is 5. The van der Waals surface area contributed by atoms with Gasteiger partial charge in [0.1, 0.15) is 11.3 Å². The molecule has 0 unspecified atom stereocenters. The van der Waals surface area contributed by atoms with Crippen LogP contribution in [0, 0.1) is 6.92 Å². The van der Waals surface area contributed by atoms with Gasteiger partial charge in [0, 0.05) is 13.6 Å². The van der Waals surface area contributed by atoms with Crippen molar-refractivity contribution < 1.29 is 0 Å². The van der Waals surface area contributed by atoms with E-state index in [1.807, 2.05) is 18.7 Å². The third kappa shape index (κ3) is 2.92. The maximum absolute atomic E-state index is 6.01. The van der Waals surface area contributed by atoms with Gasteiger partial charge in [-0.3, -0.25) is 4.68 Å². The zero-order valence-electron chi connectivity index (χ0n) is 12.1. The van der Waals surface area contributed by atoms with Crippen molar-refractivity contribution >= 4 is 22.8 Å². The van der Waals surface area contributed by atoms with Gasteiger partial charge in [-0.15, -0.1) is 11.6 Å². The molecule has 2 aromatic rings. The van der Waals surface area contributed by atoms with Gasteiger partial charge in [0.25, 0.3) is 0 Å². The highest BCUT2D eigenvalue weighted by Crippen LogP contribution is 2.20. The van der Waals surface area contributed by atoms with E-state index in [2.05, 4.69) is 33.6 Å². The van der Waals surface area contributed by atoms with Crippen LogP contribution < -0.4 is 0 Å². The Morgan fingerprint density at radius 1 is 1.26 bits per heavy atom. The lowest BCUT2D eigenvalue weighted by Gasteiger charge is -2.11. The first-order valence-electron chi connectivity index (χ1n) is 6.64. The summed E-state index contributed by atoms with van der Waals surface area (Å²) < 4.78 is 4.11. The number of hydrogen-bond acceptors (Lipinski definition) is 3. The summed E-state index contributed by atoms with van der Waals surface area (Å²) >= 11 is 6.01. The van der Waals surface area contributed by atoms with Crippen LogP contribution in [0.4, 0.5) is 0 Å². The molecule has 0 spiro atoms. The molecule has 0 aliphatic carbocycles. The van der Waals surface area contributed by atoms with Crippen molar-refractivity contribution in [3.05, 3.63) is 11.5 Å². The van der Waals surface area contributed by atoms with Gasteiger partial charge in [-0.05, 0) is 40.4 Å². The molecule has 0 saturated carbocycles. The quantitative estimate of drug-likeness (QED) is 0.602. The molecular weight excluding hydrogens is 262 g/mol. The van der Waals surface area contributed by atoms with E-state index in [4.69, 9.17) is 11.6 Å². The third-order valence-corrected chi connectivity index (χ3v) is 3.56. The van der Waals surface area contributed by atoms with Crippen molar-refractivity contribution in [2.45, 2.75) is 32.2 Å². The number of aromatic nitrogens is 4. The van der Waals surface area contributed by atoms with E-state index in [-0.39, 0.29) is 0 Å². The van der Waals surface area contributed by atoms with Crippen molar-refractivity contribution in [1.82, 2.24) is 24.2 Å². The summed E-state index contributed by atoms with van der Waals surface area (Å²) in [6.07, 6.45) is 2.29. The molecule has 0 fully saturated rings. The van der Waals surface area contributed by atoms with Crippen LogP contribution in [0.3, 0.4) is 0 Å². The molecule has 0 amide bonds. The average Bonchev–Trinajstić information content (AvgIpc) is 2.84. The Kier molecular flexibility index (Phi) is 4.47. The first kappa shape index (κ1) is 14.3. The number of imidazole rings is 1. The predicted molar refractivity (Wildman–Crippen MR) is 78.6 cm³/mol. The molecule has 0 saturated heterocycles. The Bertz CT molecular complexity index is 555. The van der Waals surface area contributed by atoms with E-state index in [1.54, 1.807) is 0 Å². The highest BCUT2D eigenvalue weighted by atomic mass is 35.5. The molecule has 0 bridgehead atoms. The lowest BCUT2D eigenvalue weighted by atomic mass is 10.3. The van der Waals surface area contributed by atoms with Crippen LogP contribution in [0.2, 0.25) is 0 Å². The van der Waals surface area contributed by atoms with Gasteiger partial charge in [-0.25, -0.2) is 4.98 Å². The molecule has 2 rings (SSSR count). The summed E-state index contributed by atoms with van der Waals surface area (Å²) in [6, 6.07) is 0. The molecular formula is C13H22ClN5. The largest absolute Gasteiger partial charge is 0.312 e. The molecule has 6 heteroatoms. The van der Waals surface area contributed by atoms with Crippen molar-refractivity contribution in [2.24, 2.45) is 7.05 Å². The predicted octanol–water partition coefficient (Wildman–Crippen LogP) is 2.16. The van der Waals surface area contributed by atoms with Gasteiger partial charge < -0.3 is 9.47 Å². The molecule has 2 aromatic heterocycles. The highest BCUT2D eigenvalue weighted by molar-refractivity contribution is 6.16. The van der Waals surface area contributed by atoms with Crippen molar-refractivity contribution in [3.63, 3.8) is 0 Å². The maximum Gasteiger partial charge on any atom is 0.158 e. The van der Waals surface area contributed by atoms with Crippen LogP contribution in [0.25, 0.3) is 11.2 Å². The second kappa shape index (κ2) is 5.92. The Morgan fingerprint density at radius 2 is 2.00 bits per heavy atom. The number of halogens is 1. The summed E-state index contributed by atoms with van der Waals surface area (Å²) in [6.45, 7) is 4.05. The first-order chi connectivity index (χ1) is 9.04. The van der Waals surface area contributed by atoms with Gasteiger partial charge >= 0.3 is 0 Å². The Hall–Kier alpha value is -1.07. The number of hydrogen-bond donors (Lipinski definition) is 0. The smallest absolute Gasteiger partial charge is 0.158 e. The summed E-state index contributed by atoms with van der Waals surface area (Å²) in [5.41, 5.74) is 3.03. The van der Waals surface area contributed by atoms with Crippen molar-refractivity contribution in [2.75, 3.05) is 20.6 Å². The molecule has 19 heavy (non-hydrogen) atoms. The Labute approximate surface area is 119 Å².